The van der Waals surface area contributed by atoms with Gasteiger partial charge in [-0.05, 0) is 23.8 Å². The number of non-ortho nitro benzene ring substituents is 1. The van der Waals surface area contributed by atoms with Gasteiger partial charge in [-0.1, -0.05) is 12.1 Å². The fraction of sp³-hybridized carbons (Fsp3) is 0.238. The van der Waals surface area contributed by atoms with Crippen LogP contribution in [0.5, 0.6) is 5.75 Å². The van der Waals surface area contributed by atoms with Crippen LogP contribution in [0.2, 0.25) is 0 Å². The number of anilines is 1. The maximum absolute atomic E-state index is 12.4. The molecular weight excluding hydrogens is 390 g/mol. The average Bonchev–Trinajstić information content (AvgIpc) is 2.75. The molecule has 0 aromatic heterocycles. The Bertz CT molecular complexity index is 1040. The summed E-state index contributed by atoms with van der Waals surface area (Å²) in [6, 6.07) is 11.8. The molecule has 154 valence electrons. The molecule has 0 N–H and O–H groups in total. The lowest BCUT2D eigenvalue weighted by Gasteiger charge is -2.20. The molecule has 3 rings (SSSR count). The lowest BCUT2D eigenvalue weighted by atomic mass is 10.1. The summed E-state index contributed by atoms with van der Waals surface area (Å²) < 4.78 is 15.8. The molecule has 0 bridgehead atoms. The van der Waals surface area contributed by atoms with Crippen LogP contribution in [0.25, 0.3) is 6.08 Å². The van der Waals surface area contributed by atoms with Crippen molar-refractivity contribution in [2.45, 2.75) is 13.2 Å². The fourth-order valence-electron chi connectivity index (χ4n) is 2.89. The van der Waals surface area contributed by atoms with E-state index < -0.39 is 10.9 Å². The van der Waals surface area contributed by atoms with E-state index in [0.29, 0.717) is 22.4 Å². The third kappa shape index (κ3) is 4.74. The number of nitro groups is 1. The molecule has 1 heterocycles. The summed E-state index contributed by atoms with van der Waals surface area (Å²) in [5.74, 6) is -0.442. The van der Waals surface area contributed by atoms with E-state index in [9.17, 15) is 20.2 Å². The number of ether oxygens (including phenoxy) is 3. The normalized spacial score (nSPS) is 12.9. The third-order valence-electron chi connectivity index (χ3n) is 4.40. The number of rotatable bonds is 6. The molecule has 0 unspecified atom stereocenters. The first-order chi connectivity index (χ1) is 14.4. The van der Waals surface area contributed by atoms with Crippen LogP contribution < -0.4 is 9.64 Å². The highest BCUT2D eigenvalue weighted by Gasteiger charge is 2.22. The van der Waals surface area contributed by atoms with Gasteiger partial charge in [0.25, 0.3) is 5.69 Å². The number of fused-ring (bicyclic) bond motifs is 1. The number of carbonyl (C=O) groups is 1. The Hall–Kier alpha value is -3.90. The van der Waals surface area contributed by atoms with Gasteiger partial charge in [0, 0.05) is 43.0 Å². The largest absolute Gasteiger partial charge is 0.467 e. The number of esters is 1. The standard InChI is InChI=1S/C21H19N3O6/c1-23(2)18-5-3-14(4-6-18)7-15(10-22)21(25)29-12-17-9-19(24(26)27)8-16-11-28-13-30-20(16)17/h3-9H,11-13H2,1-2H3/b15-7+. The summed E-state index contributed by atoms with van der Waals surface area (Å²) in [6.45, 7) is -0.121. The van der Waals surface area contributed by atoms with Crippen LogP contribution >= 0.6 is 0 Å². The van der Waals surface area contributed by atoms with Crippen molar-refractivity contribution in [1.82, 2.24) is 0 Å². The minimum absolute atomic E-state index is 0.00193. The molecule has 0 spiro atoms. The zero-order valence-corrected chi connectivity index (χ0v) is 16.5. The Labute approximate surface area is 172 Å². The van der Waals surface area contributed by atoms with Crippen LogP contribution in [0.3, 0.4) is 0 Å². The van der Waals surface area contributed by atoms with E-state index in [1.54, 1.807) is 12.1 Å². The first-order valence-corrected chi connectivity index (χ1v) is 8.96. The lowest BCUT2D eigenvalue weighted by molar-refractivity contribution is -0.385. The molecule has 0 atom stereocenters. The van der Waals surface area contributed by atoms with Crippen molar-refractivity contribution in [2.24, 2.45) is 0 Å². The second-order valence-corrected chi connectivity index (χ2v) is 6.69. The van der Waals surface area contributed by atoms with Crippen molar-refractivity contribution in [3.8, 4) is 11.8 Å². The SMILES string of the molecule is CN(C)c1ccc(/C=C(\C#N)C(=O)OCc2cc([N+](=O)[O-])cc3c2OCOC3)cc1. The van der Waals surface area contributed by atoms with Crippen molar-refractivity contribution in [1.29, 1.82) is 5.26 Å². The van der Waals surface area contributed by atoms with E-state index >= 15 is 0 Å². The number of nitro benzene ring substituents is 1. The second kappa shape index (κ2) is 9.07. The van der Waals surface area contributed by atoms with Crippen LogP contribution in [-0.4, -0.2) is 31.8 Å². The van der Waals surface area contributed by atoms with Gasteiger partial charge in [-0.15, -0.1) is 0 Å². The number of nitrogens with zero attached hydrogens (tertiary/aromatic N) is 3. The van der Waals surface area contributed by atoms with Gasteiger partial charge in [0.2, 0.25) is 0 Å². The van der Waals surface area contributed by atoms with Gasteiger partial charge in [0.05, 0.1) is 11.5 Å². The third-order valence-corrected chi connectivity index (χ3v) is 4.40. The minimum atomic E-state index is -0.832. The van der Waals surface area contributed by atoms with Crippen LogP contribution in [-0.2, 0) is 27.5 Å². The zero-order chi connectivity index (χ0) is 21.7. The molecule has 0 saturated carbocycles. The maximum Gasteiger partial charge on any atom is 0.349 e. The molecule has 9 heteroatoms. The summed E-state index contributed by atoms with van der Waals surface area (Å²) >= 11 is 0. The Morgan fingerprint density at radius 3 is 2.70 bits per heavy atom. The fourth-order valence-corrected chi connectivity index (χ4v) is 2.89. The summed E-state index contributed by atoms with van der Waals surface area (Å²) in [5, 5.41) is 20.5. The zero-order valence-electron chi connectivity index (χ0n) is 16.5. The quantitative estimate of drug-likeness (QED) is 0.235. The Kier molecular flexibility index (Phi) is 6.29. The molecule has 2 aromatic rings. The highest BCUT2D eigenvalue weighted by atomic mass is 16.7. The van der Waals surface area contributed by atoms with Crippen LogP contribution in [0.4, 0.5) is 11.4 Å². The van der Waals surface area contributed by atoms with Crippen LogP contribution in [0.15, 0.2) is 42.0 Å². The first kappa shape index (κ1) is 20.8. The topological polar surface area (TPSA) is 115 Å². The lowest BCUT2D eigenvalue weighted by Crippen LogP contribution is -2.15. The summed E-state index contributed by atoms with van der Waals surface area (Å²) in [7, 11) is 3.82. The van der Waals surface area contributed by atoms with E-state index in [1.165, 1.54) is 18.2 Å². The summed E-state index contributed by atoms with van der Waals surface area (Å²) in [4.78, 5) is 24.9. The molecule has 30 heavy (non-hydrogen) atoms. The van der Waals surface area contributed by atoms with E-state index in [1.807, 2.05) is 37.2 Å². The highest BCUT2D eigenvalue weighted by molar-refractivity contribution is 5.97. The minimum Gasteiger partial charge on any atom is -0.467 e. The average molecular weight is 409 g/mol. The number of carbonyl (C=O) groups excluding carboxylic acids is 1. The smallest absolute Gasteiger partial charge is 0.349 e. The van der Waals surface area contributed by atoms with Gasteiger partial charge in [0.1, 0.15) is 24.0 Å². The van der Waals surface area contributed by atoms with E-state index in [0.717, 1.165) is 5.69 Å². The summed E-state index contributed by atoms with van der Waals surface area (Å²) in [6.07, 6.45) is 1.43. The van der Waals surface area contributed by atoms with Gasteiger partial charge in [0.15, 0.2) is 6.79 Å². The Morgan fingerprint density at radius 2 is 2.07 bits per heavy atom. The monoisotopic (exact) mass is 409 g/mol. The van der Waals surface area contributed by atoms with E-state index in [4.69, 9.17) is 14.2 Å². The first-order valence-electron chi connectivity index (χ1n) is 8.96. The van der Waals surface area contributed by atoms with Gasteiger partial charge >= 0.3 is 5.97 Å². The second-order valence-electron chi connectivity index (χ2n) is 6.69. The van der Waals surface area contributed by atoms with Crippen molar-refractivity contribution in [3.63, 3.8) is 0 Å². The molecule has 0 radical (unpaired) electrons. The molecule has 2 aromatic carbocycles. The van der Waals surface area contributed by atoms with Crippen molar-refractivity contribution < 1.29 is 23.9 Å². The number of nitriles is 1. The molecule has 1 aliphatic heterocycles. The van der Waals surface area contributed by atoms with Crippen LogP contribution in [0, 0.1) is 21.4 Å². The van der Waals surface area contributed by atoms with Crippen molar-refractivity contribution in [3.05, 3.63) is 68.8 Å². The van der Waals surface area contributed by atoms with Crippen LogP contribution in [0.1, 0.15) is 16.7 Å². The molecule has 0 aliphatic carbocycles. The predicted molar refractivity (Wildman–Crippen MR) is 108 cm³/mol. The molecule has 0 fully saturated rings. The van der Waals surface area contributed by atoms with Gasteiger partial charge in [-0.25, -0.2) is 4.79 Å². The number of benzene rings is 2. The van der Waals surface area contributed by atoms with E-state index in [2.05, 4.69) is 0 Å². The molecule has 0 saturated heterocycles. The van der Waals surface area contributed by atoms with Gasteiger partial charge in [-0.3, -0.25) is 10.1 Å². The van der Waals surface area contributed by atoms with Gasteiger partial charge in [-0.2, -0.15) is 5.26 Å². The number of hydrogen-bond acceptors (Lipinski definition) is 8. The Morgan fingerprint density at radius 1 is 1.33 bits per heavy atom. The Balaban J connectivity index is 1.77. The van der Waals surface area contributed by atoms with Gasteiger partial charge < -0.3 is 19.1 Å². The van der Waals surface area contributed by atoms with Crippen molar-refractivity contribution in [2.75, 3.05) is 25.8 Å². The maximum atomic E-state index is 12.4. The van der Waals surface area contributed by atoms with E-state index in [-0.39, 0.29) is 31.3 Å². The van der Waals surface area contributed by atoms with Crippen molar-refractivity contribution >= 4 is 23.4 Å². The predicted octanol–water partition coefficient (Wildman–Crippen LogP) is 3.18. The molecule has 1 aliphatic rings. The molecule has 0 amide bonds. The summed E-state index contributed by atoms with van der Waals surface area (Å²) in [5.41, 5.74) is 2.14. The number of hydrogen-bond donors (Lipinski definition) is 0. The highest BCUT2D eigenvalue weighted by Crippen LogP contribution is 2.33. The molecular formula is C21H19N3O6. The molecule has 9 nitrogen and oxygen atoms in total.